The summed E-state index contributed by atoms with van der Waals surface area (Å²) in [6.45, 7) is 0.311. The van der Waals surface area contributed by atoms with E-state index in [9.17, 15) is 5.11 Å². The zero-order valence-corrected chi connectivity index (χ0v) is 13.2. The Morgan fingerprint density at radius 3 is 2.70 bits per heavy atom. The van der Waals surface area contributed by atoms with Crippen molar-refractivity contribution in [3.8, 4) is 22.9 Å². The SMILES string of the molecule is COCc1nc(-c2ccc(O)c(OC)c2)nc(Cl)c1Br. The Labute approximate surface area is 129 Å². The van der Waals surface area contributed by atoms with Gasteiger partial charge in [0.05, 0.1) is 23.9 Å². The summed E-state index contributed by atoms with van der Waals surface area (Å²) in [6.07, 6.45) is 0. The number of hydrogen-bond donors (Lipinski definition) is 1. The number of rotatable bonds is 4. The van der Waals surface area contributed by atoms with Gasteiger partial charge < -0.3 is 14.6 Å². The second-order valence-electron chi connectivity index (χ2n) is 3.92. The van der Waals surface area contributed by atoms with Crippen molar-refractivity contribution in [2.45, 2.75) is 6.61 Å². The average molecular weight is 360 g/mol. The Balaban J connectivity index is 2.52. The summed E-state index contributed by atoms with van der Waals surface area (Å²) in [4.78, 5) is 8.60. The molecule has 1 N–H and O–H groups in total. The predicted octanol–water partition coefficient (Wildman–Crippen LogP) is 3.42. The first kappa shape index (κ1) is 15.0. The number of ether oxygens (including phenoxy) is 2. The van der Waals surface area contributed by atoms with Gasteiger partial charge in [-0.25, -0.2) is 9.97 Å². The molecule has 0 aliphatic heterocycles. The molecule has 2 rings (SSSR count). The summed E-state index contributed by atoms with van der Waals surface area (Å²) >= 11 is 9.40. The van der Waals surface area contributed by atoms with Crippen LogP contribution in [0.4, 0.5) is 0 Å². The number of aromatic hydroxyl groups is 1. The number of nitrogens with zero attached hydrogens (tertiary/aromatic N) is 2. The van der Waals surface area contributed by atoms with E-state index in [0.29, 0.717) is 39.1 Å². The third-order valence-corrected chi connectivity index (χ3v) is 3.93. The van der Waals surface area contributed by atoms with Crippen LogP contribution in [0, 0.1) is 0 Å². The molecule has 0 amide bonds. The van der Waals surface area contributed by atoms with Gasteiger partial charge in [-0.15, -0.1) is 0 Å². The quantitative estimate of drug-likeness (QED) is 0.847. The molecule has 1 aromatic carbocycles. The minimum atomic E-state index is 0.0524. The third-order valence-electron chi connectivity index (χ3n) is 2.60. The molecule has 5 nitrogen and oxygen atoms in total. The van der Waals surface area contributed by atoms with E-state index in [0.717, 1.165) is 0 Å². The van der Waals surface area contributed by atoms with E-state index < -0.39 is 0 Å². The predicted molar refractivity (Wildman–Crippen MR) is 79.1 cm³/mol. The van der Waals surface area contributed by atoms with Crippen LogP contribution in [0.1, 0.15) is 5.69 Å². The summed E-state index contributed by atoms with van der Waals surface area (Å²) in [5, 5.41) is 9.90. The average Bonchev–Trinajstić information content (AvgIpc) is 2.44. The van der Waals surface area contributed by atoms with Crippen LogP contribution in [0.5, 0.6) is 11.5 Å². The van der Waals surface area contributed by atoms with Gasteiger partial charge in [-0.3, -0.25) is 0 Å². The molecule has 1 aromatic heterocycles. The second kappa shape index (κ2) is 6.39. The maximum Gasteiger partial charge on any atom is 0.161 e. The molecule has 0 unspecified atom stereocenters. The molecule has 7 heteroatoms. The van der Waals surface area contributed by atoms with Gasteiger partial charge in [-0.2, -0.15) is 0 Å². The molecular weight excluding hydrogens is 348 g/mol. The van der Waals surface area contributed by atoms with E-state index in [2.05, 4.69) is 25.9 Å². The summed E-state index contributed by atoms with van der Waals surface area (Å²) in [5.41, 5.74) is 1.33. The Hall–Kier alpha value is -1.37. The third kappa shape index (κ3) is 3.03. The molecule has 0 saturated carbocycles. The van der Waals surface area contributed by atoms with Crippen LogP contribution in [-0.4, -0.2) is 29.3 Å². The molecule has 106 valence electrons. The lowest BCUT2D eigenvalue weighted by molar-refractivity contribution is 0.181. The van der Waals surface area contributed by atoms with Gasteiger partial charge in [0.25, 0.3) is 0 Å². The van der Waals surface area contributed by atoms with Crippen LogP contribution in [0.25, 0.3) is 11.4 Å². The van der Waals surface area contributed by atoms with Crippen LogP contribution in [0.15, 0.2) is 22.7 Å². The molecule has 20 heavy (non-hydrogen) atoms. The van der Waals surface area contributed by atoms with Gasteiger partial charge in [-0.1, -0.05) is 11.6 Å². The van der Waals surface area contributed by atoms with Gasteiger partial charge in [-0.05, 0) is 34.1 Å². The van der Waals surface area contributed by atoms with Gasteiger partial charge in [0, 0.05) is 12.7 Å². The zero-order chi connectivity index (χ0) is 14.7. The molecule has 2 aromatic rings. The van der Waals surface area contributed by atoms with E-state index in [1.807, 2.05) is 0 Å². The van der Waals surface area contributed by atoms with Crippen molar-refractivity contribution in [1.82, 2.24) is 9.97 Å². The topological polar surface area (TPSA) is 64.5 Å². The van der Waals surface area contributed by atoms with Crippen molar-refractivity contribution in [3.05, 3.63) is 33.5 Å². The fourth-order valence-corrected chi connectivity index (χ4v) is 2.12. The number of hydrogen-bond acceptors (Lipinski definition) is 5. The highest BCUT2D eigenvalue weighted by Crippen LogP contribution is 2.32. The van der Waals surface area contributed by atoms with E-state index in [1.165, 1.54) is 13.2 Å². The van der Waals surface area contributed by atoms with E-state index >= 15 is 0 Å². The van der Waals surface area contributed by atoms with Crippen LogP contribution >= 0.6 is 27.5 Å². The highest BCUT2D eigenvalue weighted by Gasteiger charge is 2.13. The summed E-state index contributed by atoms with van der Waals surface area (Å²) < 4.78 is 10.7. The van der Waals surface area contributed by atoms with Crippen molar-refractivity contribution in [2.75, 3.05) is 14.2 Å². The maximum absolute atomic E-state index is 9.60. The molecular formula is C13H12BrClN2O3. The molecule has 0 spiro atoms. The molecule has 0 aliphatic carbocycles. The van der Waals surface area contributed by atoms with Crippen molar-refractivity contribution in [2.24, 2.45) is 0 Å². The first-order valence-corrected chi connectivity index (χ1v) is 6.82. The Morgan fingerprint density at radius 1 is 1.30 bits per heavy atom. The first-order chi connectivity index (χ1) is 9.56. The highest BCUT2D eigenvalue weighted by atomic mass is 79.9. The molecule has 1 heterocycles. The van der Waals surface area contributed by atoms with E-state index in [4.69, 9.17) is 21.1 Å². The first-order valence-electron chi connectivity index (χ1n) is 5.65. The minimum Gasteiger partial charge on any atom is -0.504 e. The largest absolute Gasteiger partial charge is 0.504 e. The summed E-state index contributed by atoms with van der Waals surface area (Å²) in [6, 6.07) is 4.85. The Kier molecular flexibility index (Phi) is 4.80. The van der Waals surface area contributed by atoms with Crippen molar-refractivity contribution < 1.29 is 14.6 Å². The maximum atomic E-state index is 9.60. The van der Waals surface area contributed by atoms with Crippen LogP contribution in [-0.2, 0) is 11.3 Å². The molecule has 0 radical (unpaired) electrons. The fourth-order valence-electron chi connectivity index (χ4n) is 1.64. The minimum absolute atomic E-state index is 0.0524. The van der Waals surface area contributed by atoms with Crippen LogP contribution in [0.2, 0.25) is 5.15 Å². The van der Waals surface area contributed by atoms with Gasteiger partial charge in [0.2, 0.25) is 0 Å². The summed E-state index contributed by atoms with van der Waals surface area (Å²) in [7, 11) is 3.05. The smallest absolute Gasteiger partial charge is 0.161 e. The number of benzene rings is 1. The number of phenolic OH excluding ortho intramolecular Hbond substituents is 1. The lowest BCUT2D eigenvalue weighted by Crippen LogP contribution is -2.00. The number of aromatic nitrogens is 2. The van der Waals surface area contributed by atoms with E-state index in [1.54, 1.807) is 19.2 Å². The Bertz CT molecular complexity index is 637. The van der Waals surface area contributed by atoms with Gasteiger partial charge in [0.1, 0.15) is 5.15 Å². The van der Waals surface area contributed by atoms with Gasteiger partial charge >= 0.3 is 0 Å². The molecule has 0 bridgehead atoms. The van der Waals surface area contributed by atoms with E-state index in [-0.39, 0.29) is 5.75 Å². The van der Waals surface area contributed by atoms with Crippen molar-refractivity contribution in [3.63, 3.8) is 0 Å². The van der Waals surface area contributed by atoms with Crippen LogP contribution < -0.4 is 4.74 Å². The molecule has 0 aliphatic rings. The monoisotopic (exact) mass is 358 g/mol. The number of halogens is 2. The number of methoxy groups -OCH3 is 2. The lowest BCUT2D eigenvalue weighted by atomic mass is 10.2. The van der Waals surface area contributed by atoms with Crippen LogP contribution in [0.3, 0.4) is 0 Å². The molecule has 0 atom stereocenters. The molecule has 0 saturated heterocycles. The van der Waals surface area contributed by atoms with Crippen molar-refractivity contribution in [1.29, 1.82) is 0 Å². The lowest BCUT2D eigenvalue weighted by Gasteiger charge is -2.09. The Morgan fingerprint density at radius 2 is 2.05 bits per heavy atom. The summed E-state index contributed by atoms with van der Waals surface area (Å²) in [5.74, 6) is 0.832. The fraction of sp³-hybridized carbons (Fsp3) is 0.231. The second-order valence-corrected chi connectivity index (χ2v) is 5.07. The zero-order valence-electron chi connectivity index (χ0n) is 10.9. The van der Waals surface area contributed by atoms with Crippen molar-refractivity contribution >= 4 is 27.5 Å². The highest BCUT2D eigenvalue weighted by molar-refractivity contribution is 9.10. The normalized spacial score (nSPS) is 10.6. The van der Waals surface area contributed by atoms with Gasteiger partial charge in [0.15, 0.2) is 17.3 Å². The standard InChI is InChI=1S/C13H12BrClN2O3/c1-19-6-8-11(14)12(15)17-13(16-8)7-3-4-9(18)10(5-7)20-2/h3-5,18H,6H2,1-2H3. The number of phenols is 1. The molecule has 0 fully saturated rings.